The molecule has 1 aromatic rings. The smallest absolute Gasteiger partial charge is 0.337 e. The van der Waals surface area contributed by atoms with Crippen LogP contribution in [0.2, 0.25) is 0 Å². The number of esters is 2. The first-order chi connectivity index (χ1) is 13.0. The molecule has 0 aromatic heterocycles. The average molecular weight is 366 g/mol. The minimum atomic E-state index is -0.341. The summed E-state index contributed by atoms with van der Waals surface area (Å²) in [7, 11) is 1.39. The monoisotopic (exact) mass is 366 g/mol. The lowest BCUT2D eigenvalue weighted by Gasteiger charge is -2.23. The van der Waals surface area contributed by atoms with Gasteiger partial charge < -0.3 is 9.47 Å². The quantitative estimate of drug-likeness (QED) is 0.719. The Balaban J connectivity index is 1.81. The van der Waals surface area contributed by atoms with Gasteiger partial charge in [-0.25, -0.2) is 4.79 Å². The summed E-state index contributed by atoms with van der Waals surface area (Å²) in [6.45, 7) is 1.46. The number of ether oxygens (including phenoxy) is 2. The molecule has 2 unspecified atom stereocenters. The number of carbonyl (C=O) groups is 2. The summed E-state index contributed by atoms with van der Waals surface area (Å²) >= 11 is 0. The molecular weight excluding hydrogens is 340 g/mol. The van der Waals surface area contributed by atoms with Gasteiger partial charge in [0, 0.05) is 12.5 Å². The van der Waals surface area contributed by atoms with E-state index in [4.69, 9.17) is 9.47 Å². The lowest BCUT2D eigenvalue weighted by atomic mass is 9.84. The molecule has 2 atom stereocenters. The minimum Gasteiger partial charge on any atom is -0.465 e. The molecule has 2 bridgehead atoms. The van der Waals surface area contributed by atoms with E-state index >= 15 is 0 Å². The van der Waals surface area contributed by atoms with E-state index < -0.39 is 0 Å². The third-order valence-corrected chi connectivity index (χ3v) is 6.08. The van der Waals surface area contributed by atoms with E-state index in [-0.39, 0.29) is 11.9 Å². The van der Waals surface area contributed by atoms with Crippen LogP contribution in [-0.2, 0) is 20.7 Å². The van der Waals surface area contributed by atoms with Crippen LogP contribution in [-0.4, -0.2) is 19.0 Å². The van der Waals surface area contributed by atoms with Crippen LogP contribution < -0.4 is 0 Å². The van der Waals surface area contributed by atoms with Crippen molar-refractivity contribution in [2.75, 3.05) is 7.11 Å². The Morgan fingerprint density at radius 1 is 1.15 bits per heavy atom. The lowest BCUT2D eigenvalue weighted by Crippen LogP contribution is -2.10. The van der Waals surface area contributed by atoms with Crippen LogP contribution in [0.4, 0.5) is 0 Å². The molecule has 3 aliphatic rings. The van der Waals surface area contributed by atoms with E-state index in [0.717, 1.165) is 42.7 Å². The summed E-state index contributed by atoms with van der Waals surface area (Å²) < 4.78 is 10.6. The molecule has 1 saturated carbocycles. The largest absolute Gasteiger partial charge is 0.465 e. The summed E-state index contributed by atoms with van der Waals surface area (Å²) in [6.07, 6.45) is 10.1. The SMILES string of the molecule is COC(=O)c1ccc2c(c1)CCCC(C1=CC3CCC(C1)C3)=C2OC(C)=O. The molecule has 27 heavy (non-hydrogen) atoms. The van der Waals surface area contributed by atoms with Gasteiger partial charge in [0.2, 0.25) is 0 Å². The van der Waals surface area contributed by atoms with Crippen LogP contribution in [0.25, 0.3) is 5.76 Å². The van der Waals surface area contributed by atoms with Crippen LogP contribution in [0.1, 0.15) is 66.9 Å². The zero-order chi connectivity index (χ0) is 19.0. The van der Waals surface area contributed by atoms with Crippen molar-refractivity contribution in [3.05, 3.63) is 52.1 Å². The number of fused-ring (bicyclic) bond motifs is 3. The number of allylic oxidation sites excluding steroid dienone is 3. The standard InChI is InChI=1S/C23H26O4/c1-14(24)27-22-20(19-11-15-6-7-16(10-15)12-19)5-3-4-17-13-18(23(25)26-2)8-9-21(17)22/h8-9,11,13,15-16H,3-7,10,12H2,1-2H3. The maximum atomic E-state index is 11.9. The number of benzene rings is 1. The molecule has 0 radical (unpaired) electrons. The molecule has 1 fully saturated rings. The zero-order valence-electron chi connectivity index (χ0n) is 16.0. The maximum Gasteiger partial charge on any atom is 0.337 e. The highest BCUT2D eigenvalue weighted by Crippen LogP contribution is 2.46. The second-order valence-corrected chi connectivity index (χ2v) is 7.95. The van der Waals surface area contributed by atoms with Gasteiger partial charge in [-0.2, -0.15) is 0 Å². The van der Waals surface area contributed by atoms with E-state index in [1.165, 1.54) is 44.4 Å². The predicted octanol–water partition coefficient (Wildman–Crippen LogP) is 4.83. The first-order valence-electron chi connectivity index (χ1n) is 9.89. The molecular formula is C23H26O4. The van der Waals surface area contributed by atoms with Crippen molar-refractivity contribution in [3.63, 3.8) is 0 Å². The van der Waals surface area contributed by atoms with Crippen molar-refractivity contribution >= 4 is 17.7 Å². The van der Waals surface area contributed by atoms with E-state index in [1.807, 2.05) is 12.1 Å². The van der Waals surface area contributed by atoms with Crippen LogP contribution in [0.5, 0.6) is 0 Å². The highest BCUT2D eigenvalue weighted by atomic mass is 16.5. The van der Waals surface area contributed by atoms with E-state index in [2.05, 4.69) is 6.08 Å². The first kappa shape index (κ1) is 18.0. The Bertz CT molecular complexity index is 846. The minimum absolute atomic E-state index is 0.299. The fourth-order valence-electron chi connectivity index (χ4n) is 4.90. The molecule has 4 nitrogen and oxygen atoms in total. The number of hydrogen-bond acceptors (Lipinski definition) is 4. The average Bonchev–Trinajstić information content (AvgIpc) is 2.90. The fourth-order valence-corrected chi connectivity index (χ4v) is 4.90. The van der Waals surface area contributed by atoms with Crippen molar-refractivity contribution in [2.24, 2.45) is 11.8 Å². The number of hydrogen-bond donors (Lipinski definition) is 0. The van der Waals surface area contributed by atoms with Crippen LogP contribution in [0, 0.1) is 11.8 Å². The molecule has 142 valence electrons. The van der Waals surface area contributed by atoms with Gasteiger partial charge in [-0.15, -0.1) is 0 Å². The van der Waals surface area contributed by atoms with E-state index in [9.17, 15) is 9.59 Å². The number of carbonyl (C=O) groups excluding carboxylic acids is 2. The van der Waals surface area contributed by atoms with Gasteiger partial charge in [0.05, 0.1) is 12.7 Å². The van der Waals surface area contributed by atoms with Crippen LogP contribution in [0.15, 0.2) is 35.4 Å². The summed E-state index contributed by atoms with van der Waals surface area (Å²) in [6, 6.07) is 5.55. The predicted molar refractivity (Wildman–Crippen MR) is 103 cm³/mol. The highest BCUT2D eigenvalue weighted by Gasteiger charge is 2.32. The Labute approximate surface area is 160 Å². The molecule has 0 saturated heterocycles. The second kappa shape index (κ2) is 7.34. The molecule has 4 rings (SSSR count). The third kappa shape index (κ3) is 3.58. The zero-order valence-corrected chi connectivity index (χ0v) is 16.0. The normalized spacial score (nSPS) is 24.0. The molecule has 4 heteroatoms. The fraction of sp³-hybridized carbons (Fsp3) is 0.478. The highest BCUT2D eigenvalue weighted by molar-refractivity contribution is 5.90. The van der Waals surface area contributed by atoms with E-state index in [1.54, 1.807) is 6.07 Å². The molecule has 1 aromatic carbocycles. The van der Waals surface area contributed by atoms with Gasteiger partial charge in [-0.3, -0.25) is 4.79 Å². The Morgan fingerprint density at radius 2 is 2.00 bits per heavy atom. The maximum absolute atomic E-state index is 11.9. The molecule has 0 spiro atoms. The molecule has 0 aliphatic heterocycles. The van der Waals surface area contributed by atoms with Crippen molar-refractivity contribution in [2.45, 2.75) is 51.9 Å². The Hall–Kier alpha value is -2.36. The van der Waals surface area contributed by atoms with Crippen molar-refractivity contribution in [1.82, 2.24) is 0 Å². The van der Waals surface area contributed by atoms with Gasteiger partial charge in [0.1, 0.15) is 5.76 Å². The lowest BCUT2D eigenvalue weighted by molar-refractivity contribution is -0.134. The second-order valence-electron chi connectivity index (χ2n) is 7.95. The van der Waals surface area contributed by atoms with E-state index in [0.29, 0.717) is 17.2 Å². The van der Waals surface area contributed by atoms with Crippen molar-refractivity contribution in [1.29, 1.82) is 0 Å². The van der Waals surface area contributed by atoms with Crippen LogP contribution in [0.3, 0.4) is 0 Å². The van der Waals surface area contributed by atoms with Crippen molar-refractivity contribution in [3.8, 4) is 0 Å². The number of rotatable bonds is 3. The van der Waals surface area contributed by atoms with Gasteiger partial charge in [0.15, 0.2) is 0 Å². The summed E-state index contributed by atoms with van der Waals surface area (Å²) in [5.41, 5.74) is 5.07. The summed E-state index contributed by atoms with van der Waals surface area (Å²) in [5.74, 6) is 1.50. The molecule has 0 N–H and O–H groups in total. The van der Waals surface area contributed by atoms with Crippen LogP contribution >= 0.6 is 0 Å². The molecule has 3 aliphatic carbocycles. The van der Waals surface area contributed by atoms with Gasteiger partial charge >= 0.3 is 11.9 Å². The Kier molecular flexibility index (Phi) is 4.90. The first-order valence-corrected chi connectivity index (χ1v) is 9.89. The third-order valence-electron chi connectivity index (χ3n) is 6.08. The van der Waals surface area contributed by atoms with Gasteiger partial charge in [0.25, 0.3) is 0 Å². The molecule has 0 amide bonds. The topological polar surface area (TPSA) is 52.6 Å². The molecule has 0 heterocycles. The number of aryl methyl sites for hydroxylation is 1. The van der Waals surface area contributed by atoms with Gasteiger partial charge in [-0.1, -0.05) is 12.1 Å². The summed E-state index contributed by atoms with van der Waals surface area (Å²) in [5, 5.41) is 0. The number of methoxy groups -OCH3 is 1. The Morgan fingerprint density at radius 3 is 2.74 bits per heavy atom. The van der Waals surface area contributed by atoms with Gasteiger partial charge in [-0.05, 0) is 85.6 Å². The van der Waals surface area contributed by atoms with Crippen molar-refractivity contribution < 1.29 is 19.1 Å². The summed E-state index contributed by atoms with van der Waals surface area (Å²) in [4.78, 5) is 23.8.